The maximum Gasteiger partial charge on any atom is 0.0959 e. The van der Waals surface area contributed by atoms with E-state index >= 15 is 0 Å². The molecule has 2 heteroatoms. The van der Waals surface area contributed by atoms with Crippen molar-refractivity contribution >= 4 is 0 Å². The number of hydrogen-bond acceptors (Lipinski definition) is 1. The van der Waals surface area contributed by atoms with Gasteiger partial charge in [-0.05, 0) is 32.7 Å². The molecular formula is C8H14NO. The van der Waals surface area contributed by atoms with Gasteiger partial charge in [-0.1, -0.05) is 0 Å². The van der Waals surface area contributed by atoms with Crippen LogP contribution in [0.3, 0.4) is 0 Å². The third-order valence-corrected chi connectivity index (χ3v) is 3.05. The van der Waals surface area contributed by atoms with Gasteiger partial charge in [0.2, 0.25) is 0 Å². The van der Waals surface area contributed by atoms with Gasteiger partial charge in [-0.2, -0.15) is 0 Å². The van der Waals surface area contributed by atoms with Crippen molar-refractivity contribution in [2.45, 2.75) is 43.9 Å². The van der Waals surface area contributed by atoms with Crippen molar-refractivity contribution in [2.75, 3.05) is 7.05 Å². The fraction of sp³-hybridized carbons (Fsp3) is 1.00. The van der Waals surface area contributed by atoms with Crippen LogP contribution in [0.1, 0.15) is 25.7 Å². The van der Waals surface area contributed by atoms with Crippen molar-refractivity contribution in [2.24, 2.45) is 0 Å². The Balaban J connectivity index is 2.09. The molecule has 2 heterocycles. The number of fused-ring (bicyclic) bond motifs is 2. The summed E-state index contributed by atoms with van der Waals surface area (Å²) < 4.78 is 0. The first-order chi connectivity index (χ1) is 4.77. The Kier molecular flexibility index (Phi) is 1.46. The molecule has 0 aromatic carbocycles. The zero-order valence-corrected chi connectivity index (χ0v) is 6.42. The van der Waals surface area contributed by atoms with E-state index in [1.807, 2.05) is 0 Å². The van der Waals surface area contributed by atoms with Crippen LogP contribution >= 0.6 is 0 Å². The molecule has 2 aliphatic heterocycles. The van der Waals surface area contributed by atoms with Gasteiger partial charge in [-0.15, -0.1) is 0 Å². The van der Waals surface area contributed by atoms with E-state index in [0.29, 0.717) is 12.1 Å². The highest BCUT2D eigenvalue weighted by Crippen LogP contribution is 2.34. The number of nitrogens with zero attached hydrogens (tertiary/aromatic N) is 1. The summed E-state index contributed by atoms with van der Waals surface area (Å²) in [7, 11) is 2.16. The molecule has 2 aliphatic rings. The Morgan fingerprint density at radius 1 is 1.20 bits per heavy atom. The van der Waals surface area contributed by atoms with Crippen LogP contribution in [0.4, 0.5) is 0 Å². The number of piperidine rings is 1. The lowest BCUT2D eigenvalue weighted by molar-refractivity contribution is 0.00359. The number of rotatable bonds is 0. The summed E-state index contributed by atoms with van der Waals surface area (Å²) in [6.45, 7) is 0. The normalized spacial score (nSPS) is 48.0. The van der Waals surface area contributed by atoms with Gasteiger partial charge in [0.05, 0.1) is 6.10 Å². The SMILES string of the molecule is CN1[C@@H]2CC[C@@H]1CC([O])C2. The molecule has 10 heavy (non-hydrogen) atoms. The van der Waals surface area contributed by atoms with Crippen LogP contribution in [0.15, 0.2) is 0 Å². The third-order valence-electron chi connectivity index (χ3n) is 3.05. The van der Waals surface area contributed by atoms with E-state index in [4.69, 9.17) is 0 Å². The van der Waals surface area contributed by atoms with Crippen molar-refractivity contribution < 1.29 is 5.11 Å². The van der Waals surface area contributed by atoms with Crippen LogP contribution in [-0.2, 0) is 5.11 Å². The fourth-order valence-corrected chi connectivity index (χ4v) is 2.36. The van der Waals surface area contributed by atoms with Gasteiger partial charge in [-0.25, -0.2) is 5.11 Å². The van der Waals surface area contributed by atoms with Crippen molar-refractivity contribution in [3.63, 3.8) is 0 Å². The van der Waals surface area contributed by atoms with Crippen LogP contribution in [0, 0.1) is 0 Å². The highest BCUT2D eigenvalue weighted by Gasteiger charge is 2.38. The minimum absolute atomic E-state index is 0.256. The predicted octanol–water partition coefficient (Wildman–Crippen LogP) is 1.04. The van der Waals surface area contributed by atoms with Crippen LogP contribution in [0.2, 0.25) is 0 Å². The summed E-state index contributed by atoms with van der Waals surface area (Å²) in [6, 6.07) is 1.25. The standard InChI is InChI=1S/C8H14NO/c1-9-6-2-3-7(9)5-8(10)4-6/h6-8H,2-5H2,1H3/t6-,7-/m1/s1. The summed E-state index contributed by atoms with van der Waals surface area (Å²) in [6.07, 6.45) is 4.06. The molecule has 2 bridgehead atoms. The lowest BCUT2D eigenvalue weighted by Crippen LogP contribution is -2.41. The Labute approximate surface area is 61.8 Å². The van der Waals surface area contributed by atoms with Gasteiger partial charge in [0.15, 0.2) is 0 Å². The quantitative estimate of drug-likeness (QED) is 0.493. The van der Waals surface area contributed by atoms with E-state index in [2.05, 4.69) is 11.9 Å². The Morgan fingerprint density at radius 2 is 1.70 bits per heavy atom. The van der Waals surface area contributed by atoms with Gasteiger partial charge < -0.3 is 4.90 Å². The summed E-state index contributed by atoms with van der Waals surface area (Å²) in [5.74, 6) is 0. The average molecular weight is 140 g/mol. The zero-order chi connectivity index (χ0) is 7.14. The van der Waals surface area contributed by atoms with Crippen LogP contribution in [0.25, 0.3) is 0 Å². The Hall–Kier alpha value is -0.0800. The number of hydrogen-bond donors (Lipinski definition) is 0. The molecule has 1 radical (unpaired) electrons. The first-order valence-electron chi connectivity index (χ1n) is 4.15. The monoisotopic (exact) mass is 140 g/mol. The summed E-state index contributed by atoms with van der Waals surface area (Å²) in [4.78, 5) is 2.40. The van der Waals surface area contributed by atoms with Crippen molar-refractivity contribution in [1.82, 2.24) is 4.90 Å². The summed E-state index contributed by atoms with van der Waals surface area (Å²) >= 11 is 0. The minimum atomic E-state index is -0.256. The molecule has 0 saturated carbocycles. The Bertz CT molecular complexity index is 123. The van der Waals surface area contributed by atoms with Crippen LogP contribution in [0.5, 0.6) is 0 Å². The average Bonchev–Trinajstić information content (AvgIpc) is 2.20. The smallest absolute Gasteiger partial charge is 0.0959 e. The molecule has 0 aliphatic carbocycles. The lowest BCUT2D eigenvalue weighted by Gasteiger charge is -2.32. The second-order valence-electron chi connectivity index (χ2n) is 3.64. The van der Waals surface area contributed by atoms with Crippen molar-refractivity contribution in [1.29, 1.82) is 0 Å². The molecule has 2 rings (SSSR count). The molecule has 0 unspecified atom stereocenters. The maximum absolute atomic E-state index is 11.1. The maximum atomic E-state index is 11.1. The zero-order valence-electron chi connectivity index (χ0n) is 6.42. The highest BCUT2D eigenvalue weighted by molar-refractivity contribution is 4.92. The van der Waals surface area contributed by atoms with E-state index in [1.165, 1.54) is 12.8 Å². The largest absolute Gasteiger partial charge is 0.300 e. The first kappa shape index (κ1) is 6.62. The predicted molar refractivity (Wildman–Crippen MR) is 38.3 cm³/mol. The fourth-order valence-electron chi connectivity index (χ4n) is 2.36. The molecule has 2 fully saturated rings. The lowest BCUT2D eigenvalue weighted by atomic mass is 10.0. The molecule has 0 spiro atoms. The van der Waals surface area contributed by atoms with E-state index < -0.39 is 0 Å². The van der Waals surface area contributed by atoms with Gasteiger partial charge in [-0.3, -0.25) is 0 Å². The summed E-state index contributed by atoms with van der Waals surface area (Å²) in [5, 5.41) is 11.1. The van der Waals surface area contributed by atoms with Gasteiger partial charge >= 0.3 is 0 Å². The van der Waals surface area contributed by atoms with Crippen LogP contribution < -0.4 is 0 Å². The summed E-state index contributed by atoms with van der Waals surface area (Å²) in [5.41, 5.74) is 0. The third kappa shape index (κ3) is 0.867. The molecule has 2 atom stereocenters. The highest BCUT2D eigenvalue weighted by atomic mass is 16.3. The molecule has 0 amide bonds. The molecule has 0 aromatic rings. The minimum Gasteiger partial charge on any atom is -0.300 e. The van der Waals surface area contributed by atoms with Gasteiger partial charge in [0.25, 0.3) is 0 Å². The van der Waals surface area contributed by atoms with E-state index in [0.717, 1.165) is 12.8 Å². The molecule has 2 saturated heterocycles. The van der Waals surface area contributed by atoms with E-state index in [9.17, 15) is 5.11 Å². The molecule has 0 aromatic heterocycles. The van der Waals surface area contributed by atoms with Crippen molar-refractivity contribution in [3.8, 4) is 0 Å². The second-order valence-corrected chi connectivity index (χ2v) is 3.64. The molecular weight excluding hydrogens is 126 g/mol. The molecule has 0 N–H and O–H groups in total. The second kappa shape index (κ2) is 2.21. The van der Waals surface area contributed by atoms with Crippen molar-refractivity contribution in [3.05, 3.63) is 0 Å². The molecule has 57 valence electrons. The first-order valence-corrected chi connectivity index (χ1v) is 4.15. The van der Waals surface area contributed by atoms with Crippen LogP contribution in [-0.4, -0.2) is 30.1 Å². The van der Waals surface area contributed by atoms with Gasteiger partial charge in [0.1, 0.15) is 0 Å². The Morgan fingerprint density at radius 3 is 2.20 bits per heavy atom. The van der Waals surface area contributed by atoms with E-state index in [1.54, 1.807) is 0 Å². The van der Waals surface area contributed by atoms with E-state index in [-0.39, 0.29) is 6.10 Å². The topological polar surface area (TPSA) is 23.1 Å². The van der Waals surface area contributed by atoms with Gasteiger partial charge in [0, 0.05) is 12.1 Å². The molecule has 2 nitrogen and oxygen atoms in total.